The fourth-order valence-corrected chi connectivity index (χ4v) is 1.91. The lowest BCUT2D eigenvalue weighted by Crippen LogP contribution is -2.14. The molecular weight excluding hydrogens is 164 g/mol. The summed E-state index contributed by atoms with van der Waals surface area (Å²) in [4.78, 5) is 11.2. The van der Waals surface area contributed by atoms with E-state index in [-0.39, 0.29) is 0 Å². The van der Waals surface area contributed by atoms with Crippen molar-refractivity contribution in [2.75, 3.05) is 0 Å². The molecule has 1 aliphatic rings. The minimum absolute atomic E-state index is 0.307. The third kappa shape index (κ3) is 1.44. The molecule has 2 nitrogen and oxygen atoms in total. The van der Waals surface area contributed by atoms with E-state index < -0.39 is 0 Å². The van der Waals surface area contributed by atoms with Gasteiger partial charge in [0.2, 0.25) is 0 Å². The van der Waals surface area contributed by atoms with E-state index >= 15 is 0 Å². The molecule has 0 amide bonds. The van der Waals surface area contributed by atoms with Crippen LogP contribution in [0.2, 0.25) is 0 Å². The van der Waals surface area contributed by atoms with Crippen LogP contribution < -0.4 is 0 Å². The molecule has 2 rings (SSSR count). The Bertz CT molecular complexity index is 367. The van der Waals surface area contributed by atoms with Crippen LogP contribution in [-0.4, -0.2) is 10.9 Å². The van der Waals surface area contributed by atoms with E-state index in [1.54, 1.807) is 12.1 Å². The van der Waals surface area contributed by atoms with Gasteiger partial charge in [0.15, 0.2) is 0 Å². The zero-order valence-electron chi connectivity index (χ0n) is 7.63. The minimum Gasteiger partial charge on any atom is -0.508 e. The molecule has 0 fully saturated rings. The highest BCUT2D eigenvalue weighted by atomic mass is 16.3. The summed E-state index contributed by atoms with van der Waals surface area (Å²) in [6, 6.07) is 3.49. The van der Waals surface area contributed by atoms with Crippen LogP contribution in [0.5, 0.6) is 5.75 Å². The summed E-state index contributed by atoms with van der Waals surface area (Å²) in [5.74, 6) is 0.617. The zero-order chi connectivity index (χ0) is 9.42. The number of aromatic hydroxyl groups is 1. The van der Waals surface area contributed by atoms with Gasteiger partial charge in [-0.2, -0.15) is 0 Å². The third-order valence-corrected chi connectivity index (χ3v) is 2.60. The Morgan fingerprint density at radius 1 is 1.31 bits per heavy atom. The van der Waals surface area contributed by atoms with Crippen molar-refractivity contribution in [3.05, 3.63) is 28.8 Å². The molecule has 0 saturated carbocycles. The Morgan fingerprint density at radius 3 is 2.85 bits per heavy atom. The van der Waals surface area contributed by atoms with E-state index in [0.29, 0.717) is 24.4 Å². The standard InChI is InChI=1S/C11H12O2/c1-7-4-10(13)5-8-2-3-9(12)6-11(7)8/h4-5,13H,2-3,6H2,1H3. The van der Waals surface area contributed by atoms with Gasteiger partial charge in [0.05, 0.1) is 0 Å². The molecule has 0 unspecified atom stereocenters. The van der Waals surface area contributed by atoms with Crippen molar-refractivity contribution in [2.45, 2.75) is 26.2 Å². The fourth-order valence-electron chi connectivity index (χ4n) is 1.91. The molecule has 0 spiro atoms. The van der Waals surface area contributed by atoms with Gasteiger partial charge in [-0.25, -0.2) is 0 Å². The van der Waals surface area contributed by atoms with Crippen molar-refractivity contribution in [1.82, 2.24) is 0 Å². The van der Waals surface area contributed by atoms with E-state index in [0.717, 1.165) is 23.1 Å². The second kappa shape index (κ2) is 2.87. The number of carbonyl (C=O) groups excluding carboxylic acids is 1. The summed E-state index contributed by atoms with van der Waals surface area (Å²) in [7, 11) is 0. The van der Waals surface area contributed by atoms with E-state index in [1.807, 2.05) is 6.92 Å². The lowest BCUT2D eigenvalue weighted by molar-refractivity contribution is -0.118. The average molecular weight is 176 g/mol. The van der Waals surface area contributed by atoms with Crippen LogP contribution in [0, 0.1) is 6.92 Å². The first-order valence-corrected chi connectivity index (χ1v) is 4.50. The highest BCUT2D eigenvalue weighted by Gasteiger charge is 2.17. The van der Waals surface area contributed by atoms with Crippen LogP contribution in [0.4, 0.5) is 0 Å². The normalized spacial score (nSPS) is 15.6. The highest BCUT2D eigenvalue weighted by molar-refractivity contribution is 5.83. The number of fused-ring (bicyclic) bond motifs is 1. The van der Waals surface area contributed by atoms with Crippen LogP contribution in [0.25, 0.3) is 0 Å². The maximum atomic E-state index is 11.2. The van der Waals surface area contributed by atoms with E-state index in [4.69, 9.17) is 0 Å². The predicted molar refractivity (Wildman–Crippen MR) is 49.9 cm³/mol. The fraction of sp³-hybridized carbons (Fsp3) is 0.364. The number of Topliss-reactive ketones (excluding diaryl/α,β-unsaturated/α-hetero) is 1. The lowest BCUT2D eigenvalue weighted by atomic mass is 9.88. The van der Waals surface area contributed by atoms with Crippen molar-refractivity contribution in [1.29, 1.82) is 0 Å². The number of aryl methyl sites for hydroxylation is 2. The number of hydrogen-bond acceptors (Lipinski definition) is 2. The van der Waals surface area contributed by atoms with Crippen molar-refractivity contribution >= 4 is 5.78 Å². The number of phenolic OH excluding ortho intramolecular Hbond substituents is 1. The van der Waals surface area contributed by atoms with Crippen LogP contribution in [-0.2, 0) is 17.6 Å². The zero-order valence-corrected chi connectivity index (χ0v) is 7.63. The smallest absolute Gasteiger partial charge is 0.137 e. The second-order valence-corrected chi connectivity index (χ2v) is 3.62. The predicted octanol–water partition coefficient (Wildman–Crippen LogP) is 1.76. The molecule has 1 aromatic carbocycles. The van der Waals surface area contributed by atoms with E-state index in [2.05, 4.69) is 0 Å². The summed E-state index contributed by atoms with van der Waals surface area (Å²) in [6.07, 6.45) is 1.95. The molecule has 0 aliphatic heterocycles. The Morgan fingerprint density at radius 2 is 2.08 bits per heavy atom. The van der Waals surface area contributed by atoms with Crippen molar-refractivity contribution in [3.8, 4) is 5.75 Å². The van der Waals surface area contributed by atoms with Crippen molar-refractivity contribution in [2.24, 2.45) is 0 Å². The van der Waals surface area contributed by atoms with E-state index in [9.17, 15) is 9.90 Å². The molecule has 0 atom stereocenters. The Hall–Kier alpha value is -1.31. The topological polar surface area (TPSA) is 37.3 Å². The van der Waals surface area contributed by atoms with Gasteiger partial charge in [0.1, 0.15) is 11.5 Å². The summed E-state index contributed by atoms with van der Waals surface area (Å²) < 4.78 is 0. The lowest BCUT2D eigenvalue weighted by Gasteiger charge is -2.17. The molecule has 68 valence electrons. The van der Waals surface area contributed by atoms with Crippen LogP contribution in [0.3, 0.4) is 0 Å². The maximum absolute atomic E-state index is 11.2. The molecule has 0 saturated heterocycles. The van der Waals surface area contributed by atoms with Crippen LogP contribution >= 0.6 is 0 Å². The molecule has 13 heavy (non-hydrogen) atoms. The first-order valence-electron chi connectivity index (χ1n) is 4.50. The number of carbonyl (C=O) groups is 1. The van der Waals surface area contributed by atoms with Gasteiger partial charge < -0.3 is 5.11 Å². The molecule has 1 aromatic rings. The molecule has 0 radical (unpaired) electrons. The van der Waals surface area contributed by atoms with Gasteiger partial charge in [-0.15, -0.1) is 0 Å². The number of hydrogen-bond donors (Lipinski definition) is 1. The van der Waals surface area contributed by atoms with Gasteiger partial charge in [0.25, 0.3) is 0 Å². The molecule has 1 N–H and O–H groups in total. The minimum atomic E-state index is 0.307. The molecule has 1 aliphatic carbocycles. The Kier molecular flexibility index (Phi) is 1.83. The second-order valence-electron chi connectivity index (χ2n) is 3.62. The molecule has 0 aromatic heterocycles. The number of benzene rings is 1. The largest absolute Gasteiger partial charge is 0.508 e. The maximum Gasteiger partial charge on any atom is 0.137 e. The molecule has 0 bridgehead atoms. The quantitative estimate of drug-likeness (QED) is 0.654. The first-order chi connectivity index (χ1) is 6.16. The van der Waals surface area contributed by atoms with Gasteiger partial charge in [-0.05, 0) is 42.2 Å². The first kappa shape index (κ1) is 8.30. The summed E-state index contributed by atoms with van der Waals surface area (Å²) >= 11 is 0. The third-order valence-electron chi connectivity index (χ3n) is 2.60. The van der Waals surface area contributed by atoms with Gasteiger partial charge in [-0.3, -0.25) is 4.79 Å². The summed E-state index contributed by atoms with van der Waals surface area (Å²) in [6.45, 7) is 1.94. The average Bonchev–Trinajstić information content (AvgIpc) is 2.06. The van der Waals surface area contributed by atoms with Crippen molar-refractivity contribution < 1.29 is 9.90 Å². The van der Waals surface area contributed by atoms with Gasteiger partial charge in [0, 0.05) is 12.8 Å². The number of ketones is 1. The van der Waals surface area contributed by atoms with Crippen LogP contribution in [0.15, 0.2) is 12.1 Å². The van der Waals surface area contributed by atoms with E-state index in [1.165, 1.54) is 0 Å². The summed E-state index contributed by atoms with van der Waals surface area (Å²) in [5.41, 5.74) is 3.29. The molecule has 2 heteroatoms. The summed E-state index contributed by atoms with van der Waals surface area (Å²) in [5, 5.41) is 9.35. The van der Waals surface area contributed by atoms with Crippen LogP contribution in [0.1, 0.15) is 23.1 Å². The number of phenols is 1. The Labute approximate surface area is 77.2 Å². The molecular formula is C11H12O2. The van der Waals surface area contributed by atoms with Crippen molar-refractivity contribution in [3.63, 3.8) is 0 Å². The SMILES string of the molecule is Cc1cc(O)cc2c1CC(=O)CC2. The monoisotopic (exact) mass is 176 g/mol. The Balaban J connectivity index is 2.53. The number of rotatable bonds is 0. The molecule has 0 heterocycles. The highest BCUT2D eigenvalue weighted by Crippen LogP contribution is 2.26. The van der Waals surface area contributed by atoms with Gasteiger partial charge in [-0.1, -0.05) is 0 Å². The van der Waals surface area contributed by atoms with Gasteiger partial charge >= 0.3 is 0 Å².